The number of nitrogens with one attached hydrogen (secondary N) is 1. The lowest BCUT2D eigenvalue weighted by molar-refractivity contribution is -0.147. The number of carbonyl (C=O) groups excluding carboxylic acids is 4. The van der Waals surface area contributed by atoms with E-state index in [9.17, 15) is 19.2 Å². The zero-order chi connectivity index (χ0) is 41.3. The lowest BCUT2D eigenvalue weighted by Crippen LogP contribution is -2.36. The highest BCUT2D eigenvalue weighted by atomic mass is 16.5. The molecule has 306 valence electrons. The van der Waals surface area contributed by atoms with E-state index in [1.807, 2.05) is 50.2 Å². The third kappa shape index (κ3) is 9.71. The van der Waals surface area contributed by atoms with E-state index in [1.165, 1.54) is 14.2 Å². The van der Waals surface area contributed by atoms with Crippen molar-refractivity contribution in [2.24, 2.45) is 11.8 Å². The SMILES string of the molecule is COC(=O)C1CCN(Cc2cnc(C(=O)Cc3cccc(-c4cccc(NC(=O)c5cc(OC)c(CN6CCC(C(=O)OC)CC6)cn5)c4C)c3C)cc2OC)CC1. The summed E-state index contributed by atoms with van der Waals surface area (Å²) in [6, 6.07) is 15.0. The molecular weight excluding hydrogens is 739 g/mol. The standard InChI is InChI=1S/C45H53N5O8/c1-28-32(21-40(51)38-22-41(55-3)33(24-46-38)26-49-17-13-30(14-18-49)44(53)57-5)9-7-10-35(28)36-11-8-12-37(29(36)2)48-43(52)39-23-42(56-4)34(25-47-39)27-50-19-15-31(16-20-50)45(54)58-6/h7-12,22-25,30-31H,13-21,26-27H2,1-6H3,(H,48,52). The van der Waals surface area contributed by atoms with Crippen LogP contribution >= 0.6 is 0 Å². The first kappa shape index (κ1) is 42.0. The molecule has 1 N–H and O–H groups in total. The number of amides is 1. The Morgan fingerprint density at radius 2 is 1.14 bits per heavy atom. The molecule has 58 heavy (non-hydrogen) atoms. The molecule has 2 aromatic heterocycles. The van der Waals surface area contributed by atoms with Gasteiger partial charge in [-0.05, 0) is 99.6 Å². The number of hydrogen-bond acceptors (Lipinski definition) is 12. The Morgan fingerprint density at radius 1 is 0.655 bits per heavy atom. The van der Waals surface area contributed by atoms with E-state index in [2.05, 4.69) is 25.1 Å². The highest BCUT2D eigenvalue weighted by molar-refractivity contribution is 6.04. The Labute approximate surface area is 340 Å². The first-order chi connectivity index (χ1) is 28.0. The van der Waals surface area contributed by atoms with Crippen LogP contribution in [-0.2, 0) is 38.6 Å². The largest absolute Gasteiger partial charge is 0.496 e. The third-order valence-electron chi connectivity index (χ3n) is 11.5. The summed E-state index contributed by atoms with van der Waals surface area (Å²) in [5.74, 6) is 0.218. The second-order valence-electron chi connectivity index (χ2n) is 15.0. The van der Waals surface area contributed by atoms with E-state index in [-0.39, 0.29) is 47.6 Å². The summed E-state index contributed by atoms with van der Waals surface area (Å²) in [7, 11) is 6.02. The zero-order valence-corrected chi connectivity index (χ0v) is 34.3. The molecule has 0 saturated carbocycles. The van der Waals surface area contributed by atoms with Crippen molar-refractivity contribution in [1.82, 2.24) is 19.8 Å². The van der Waals surface area contributed by atoms with Crippen LogP contribution in [0.4, 0.5) is 5.69 Å². The van der Waals surface area contributed by atoms with E-state index in [4.69, 9.17) is 18.9 Å². The maximum atomic E-state index is 13.6. The third-order valence-corrected chi connectivity index (χ3v) is 11.5. The number of hydrogen-bond donors (Lipinski definition) is 1. The number of nitrogens with zero attached hydrogens (tertiary/aromatic N) is 4. The average Bonchev–Trinajstić information content (AvgIpc) is 3.25. The van der Waals surface area contributed by atoms with Crippen LogP contribution in [0.3, 0.4) is 0 Å². The minimum absolute atomic E-state index is 0.0724. The van der Waals surface area contributed by atoms with Gasteiger partial charge < -0.3 is 24.3 Å². The van der Waals surface area contributed by atoms with Gasteiger partial charge in [0.25, 0.3) is 5.91 Å². The Kier molecular flexibility index (Phi) is 13.9. The molecule has 2 aliphatic rings. The molecule has 0 radical (unpaired) electrons. The summed E-state index contributed by atoms with van der Waals surface area (Å²) in [6.07, 6.45) is 6.48. The van der Waals surface area contributed by atoms with Crippen LogP contribution in [0.2, 0.25) is 0 Å². The van der Waals surface area contributed by atoms with Gasteiger partial charge in [-0.1, -0.05) is 30.3 Å². The number of ketones is 1. The minimum atomic E-state index is -0.364. The summed E-state index contributed by atoms with van der Waals surface area (Å²) < 4.78 is 21.2. The van der Waals surface area contributed by atoms with Gasteiger partial charge in [0.15, 0.2) is 5.78 Å². The summed E-state index contributed by atoms with van der Waals surface area (Å²) in [5, 5.41) is 3.04. The maximum absolute atomic E-state index is 13.6. The topological polar surface area (TPSA) is 149 Å². The number of aromatic nitrogens is 2. The molecule has 4 heterocycles. The van der Waals surface area contributed by atoms with Gasteiger partial charge in [-0.25, -0.2) is 0 Å². The van der Waals surface area contributed by atoms with Gasteiger partial charge in [-0.3, -0.25) is 38.9 Å². The van der Waals surface area contributed by atoms with Gasteiger partial charge in [0, 0.05) is 60.9 Å². The van der Waals surface area contributed by atoms with Crippen LogP contribution in [0.15, 0.2) is 60.9 Å². The highest BCUT2D eigenvalue weighted by Crippen LogP contribution is 2.34. The van der Waals surface area contributed by atoms with Gasteiger partial charge in [-0.15, -0.1) is 0 Å². The molecule has 0 spiro atoms. The van der Waals surface area contributed by atoms with Crippen molar-refractivity contribution in [3.63, 3.8) is 0 Å². The van der Waals surface area contributed by atoms with E-state index in [1.54, 1.807) is 38.7 Å². The van der Waals surface area contributed by atoms with Crippen molar-refractivity contribution in [1.29, 1.82) is 0 Å². The fraction of sp³-hybridized carbons (Fsp3) is 0.422. The first-order valence-electron chi connectivity index (χ1n) is 19.7. The number of piperidine rings is 2. The quantitative estimate of drug-likeness (QED) is 0.114. The number of rotatable bonds is 14. The Morgan fingerprint density at radius 3 is 1.66 bits per heavy atom. The van der Waals surface area contributed by atoms with E-state index < -0.39 is 0 Å². The first-order valence-corrected chi connectivity index (χ1v) is 19.7. The van der Waals surface area contributed by atoms with Gasteiger partial charge in [0.05, 0.1) is 40.3 Å². The van der Waals surface area contributed by atoms with Crippen LogP contribution in [0.1, 0.15) is 74.5 Å². The zero-order valence-electron chi connectivity index (χ0n) is 34.3. The molecule has 1 amide bonds. The van der Waals surface area contributed by atoms with Crippen molar-refractivity contribution in [3.8, 4) is 22.6 Å². The Bertz CT molecular complexity index is 1990. The van der Waals surface area contributed by atoms with E-state index in [0.717, 1.165) is 90.8 Å². The maximum Gasteiger partial charge on any atom is 0.308 e. The highest BCUT2D eigenvalue weighted by Gasteiger charge is 2.28. The summed E-state index contributed by atoms with van der Waals surface area (Å²) in [4.78, 5) is 64.6. The van der Waals surface area contributed by atoms with Crippen LogP contribution < -0.4 is 14.8 Å². The lowest BCUT2D eigenvalue weighted by atomic mass is 9.91. The van der Waals surface area contributed by atoms with Gasteiger partial charge >= 0.3 is 11.9 Å². The predicted molar refractivity (Wildman–Crippen MR) is 219 cm³/mol. The lowest BCUT2D eigenvalue weighted by Gasteiger charge is -2.30. The summed E-state index contributed by atoms with van der Waals surface area (Å²) >= 11 is 0. The number of methoxy groups -OCH3 is 4. The monoisotopic (exact) mass is 791 g/mol. The average molecular weight is 792 g/mol. The molecule has 13 nitrogen and oxygen atoms in total. The minimum Gasteiger partial charge on any atom is -0.496 e. The molecule has 2 saturated heterocycles. The molecule has 4 aromatic rings. The summed E-state index contributed by atoms with van der Waals surface area (Å²) in [5.41, 5.74) is 7.53. The Balaban J connectivity index is 1.11. The van der Waals surface area contributed by atoms with Crippen LogP contribution in [0, 0.1) is 25.7 Å². The van der Waals surface area contributed by atoms with Crippen LogP contribution in [0.25, 0.3) is 11.1 Å². The molecule has 2 aromatic carbocycles. The second kappa shape index (κ2) is 19.2. The Hall–Kier alpha value is -5.66. The number of carbonyl (C=O) groups is 4. The molecular formula is C45H53N5O8. The smallest absolute Gasteiger partial charge is 0.308 e. The van der Waals surface area contributed by atoms with Gasteiger partial charge in [0.2, 0.25) is 0 Å². The van der Waals surface area contributed by atoms with E-state index >= 15 is 0 Å². The number of anilines is 1. The van der Waals surface area contributed by atoms with E-state index in [0.29, 0.717) is 36.0 Å². The number of likely N-dealkylation sites (tertiary alicyclic amines) is 2. The molecule has 0 aliphatic carbocycles. The number of ether oxygens (including phenoxy) is 4. The molecule has 2 fully saturated rings. The summed E-state index contributed by atoms with van der Waals surface area (Å²) in [6.45, 7) is 8.19. The molecule has 0 unspecified atom stereocenters. The number of pyridine rings is 2. The number of Topliss-reactive ketones (excluding diaryl/α,β-unsaturated/α-hetero) is 1. The number of benzene rings is 2. The predicted octanol–water partition coefficient (Wildman–Crippen LogP) is 6.23. The van der Waals surface area contributed by atoms with Gasteiger partial charge in [0.1, 0.15) is 22.9 Å². The van der Waals surface area contributed by atoms with Crippen molar-refractivity contribution in [2.75, 3.05) is 59.9 Å². The van der Waals surface area contributed by atoms with Crippen molar-refractivity contribution >= 4 is 29.3 Å². The van der Waals surface area contributed by atoms with Crippen molar-refractivity contribution in [2.45, 2.75) is 59.0 Å². The second-order valence-corrected chi connectivity index (χ2v) is 15.0. The van der Waals surface area contributed by atoms with Gasteiger partial charge in [-0.2, -0.15) is 0 Å². The van der Waals surface area contributed by atoms with Crippen molar-refractivity contribution < 1.29 is 38.1 Å². The molecule has 0 bridgehead atoms. The fourth-order valence-corrected chi connectivity index (χ4v) is 7.97. The normalized spacial score (nSPS) is 15.4. The molecule has 13 heteroatoms. The van der Waals surface area contributed by atoms with Crippen LogP contribution in [0.5, 0.6) is 11.5 Å². The molecule has 0 atom stereocenters. The molecule has 2 aliphatic heterocycles. The van der Waals surface area contributed by atoms with Crippen LogP contribution in [-0.4, -0.2) is 98.0 Å². The van der Waals surface area contributed by atoms with Crippen molar-refractivity contribution in [3.05, 3.63) is 100 Å². The molecule has 6 rings (SSSR count). The number of esters is 2. The fourth-order valence-electron chi connectivity index (χ4n) is 7.97.